The lowest BCUT2D eigenvalue weighted by molar-refractivity contribution is -0.120. The summed E-state index contributed by atoms with van der Waals surface area (Å²) in [5, 5.41) is 3.36. The second-order valence-corrected chi connectivity index (χ2v) is 5.69. The molecule has 1 atom stereocenters. The molecule has 5 heteroatoms. The zero-order valence-electron chi connectivity index (χ0n) is 10.2. The summed E-state index contributed by atoms with van der Waals surface area (Å²) in [6.07, 6.45) is 9.35. The molecule has 0 bridgehead atoms. The van der Waals surface area contributed by atoms with Crippen molar-refractivity contribution in [2.75, 3.05) is 0 Å². The number of hydrogen-bond donors (Lipinski definition) is 2. The van der Waals surface area contributed by atoms with Crippen molar-refractivity contribution in [3.05, 3.63) is 28.5 Å². The van der Waals surface area contributed by atoms with E-state index in [4.69, 9.17) is 5.73 Å². The standard InChI is InChI=1S/C13H18BrN3O/c14-10-6-9(7-16-8-10)12(13(15)18)17-11-4-2-1-3-5-11/h6-8,11-12,17H,1-5H2,(H2,15,18). The molecule has 1 unspecified atom stereocenters. The summed E-state index contributed by atoms with van der Waals surface area (Å²) >= 11 is 3.36. The van der Waals surface area contributed by atoms with Crippen LogP contribution in [0, 0.1) is 0 Å². The normalized spacial score (nSPS) is 18.5. The number of carbonyl (C=O) groups excluding carboxylic acids is 1. The monoisotopic (exact) mass is 311 g/mol. The highest BCUT2D eigenvalue weighted by Gasteiger charge is 2.23. The first-order valence-corrected chi connectivity index (χ1v) is 7.12. The molecule has 1 fully saturated rings. The van der Waals surface area contributed by atoms with Crippen LogP contribution in [0.25, 0.3) is 0 Å². The summed E-state index contributed by atoms with van der Waals surface area (Å²) < 4.78 is 0.858. The molecular weight excluding hydrogens is 294 g/mol. The van der Waals surface area contributed by atoms with Gasteiger partial charge in [0.2, 0.25) is 5.91 Å². The van der Waals surface area contributed by atoms with Crippen LogP contribution in [0.1, 0.15) is 43.7 Å². The van der Waals surface area contributed by atoms with Crippen LogP contribution in [0.2, 0.25) is 0 Å². The molecule has 18 heavy (non-hydrogen) atoms. The van der Waals surface area contributed by atoms with Crippen LogP contribution in [0.3, 0.4) is 0 Å². The summed E-state index contributed by atoms with van der Waals surface area (Å²) in [7, 11) is 0. The number of pyridine rings is 1. The fourth-order valence-corrected chi connectivity index (χ4v) is 2.82. The zero-order valence-corrected chi connectivity index (χ0v) is 11.8. The second-order valence-electron chi connectivity index (χ2n) is 4.77. The Morgan fingerprint density at radius 2 is 2.11 bits per heavy atom. The van der Waals surface area contributed by atoms with E-state index in [2.05, 4.69) is 26.2 Å². The second kappa shape index (κ2) is 6.29. The Morgan fingerprint density at radius 3 is 2.72 bits per heavy atom. The molecule has 1 aromatic rings. The molecule has 0 aromatic carbocycles. The van der Waals surface area contributed by atoms with Gasteiger partial charge >= 0.3 is 0 Å². The van der Waals surface area contributed by atoms with E-state index in [1.165, 1.54) is 19.3 Å². The van der Waals surface area contributed by atoms with E-state index in [1.807, 2.05) is 6.07 Å². The number of nitrogens with two attached hydrogens (primary N) is 1. The van der Waals surface area contributed by atoms with Gasteiger partial charge in [0.15, 0.2) is 0 Å². The van der Waals surface area contributed by atoms with E-state index in [0.29, 0.717) is 6.04 Å². The molecule has 98 valence electrons. The molecular formula is C13H18BrN3O. The molecule has 1 amide bonds. The maximum absolute atomic E-state index is 11.6. The predicted molar refractivity (Wildman–Crippen MR) is 73.9 cm³/mol. The van der Waals surface area contributed by atoms with Crippen molar-refractivity contribution in [2.24, 2.45) is 5.73 Å². The highest BCUT2D eigenvalue weighted by molar-refractivity contribution is 9.10. The van der Waals surface area contributed by atoms with Crippen LogP contribution < -0.4 is 11.1 Å². The van der Waals surface area contributed by atoms with Crippen molar-refractivity contribution < 1.29 is 4.79 Å². The van der Waals surface area contributed by atoms with E-state index in [-0.39, 0.29) is 5.91 Å². The summed E-state index contributed by atoms with van der Waals surface area (Å²) in [5.74, 6) is -0.347. The third kappa shape index (κ3) is 3.53. The van der Waals surface area contributed by atoms with Gasteiger partial charge in [-0.05, 0) is 40.4 Å². The average molecular weight is 312 g/mol. The molecule has 3 N–H and O–H groups in total. The van der Waals surface area contributed by atoms with Crippen LogP contribution >= 0.6 is 15.9 Å². The van der Waals surface area contributed by atoms with Crippen molar-refractivity contribution in [1.29, 1.82) is 0 Å². The summed E-state index contributed by atoms with van der Waals surface area (Å²) in [6, 6.07) is 1.83. The third-order valence-corrected chi connectivity index (χ3v) is 3.79. The van der Waals surface area contributed by atoms with Crippen molar-refractivity contribution in [3.63, 3.8) is 0 Å². The van der Waals surface area contributed by atoms with E-state index in [1.54, 1.807) is 12.4 Å². The average Bonchev–Trinajstić information content (AvgIpc) is 2.37. The largest absolute Gasteiger partial charge is 0.368 e. The number of carbonyl (C=O) groups is 1. The molecule has 0 saturated heterocycles. The molecule has 0 spiro atoms. The fraction of sp³-hybridized carbons (Fsp3) is 0.538. The molecule has 1 heterocycles. The fourth-order valence-electron chi connectivity index (χ4n) is 2.43. The van der Waals surface area contributed by atoms with Crippen LogP contribution in [-0.2, 0) is 4.79 Å². The lowest BCUT2D eigenvalue weighted by atomic mass is 9.94. The van der Waals surface area contributed by atoms with Crippen LogP contribution in [0.15, 0.2) is 22.9 Å². The van der Waals surface area contributed by atoms with Gasteiger partial charge in [-0.15, -0.1) is 0 Å². The number of halogens is 1. The van der Waals surface area contributed by atoms with Gasteiger partial charge in [0.1, 0.15) is 6.04 Å². The van der Waals surface area contributed by atoms with Crippen molar-refractivity contribution >= 4 is 21.8 Å². The van der Waals surface area contributed by atoms with Crippen LogP contribution in [0.5, 0.6) is 0 Å². The highest BCUT2D eigenvalue weighted by Crippen LogP contribution is 2.22. The molecule has 1 aromatic heterocycles. The maximum Gasteiger partial charge on any atom is 0.239 e. The van der Waals surface area contributed by atoms with Crippen LogP contribution in [-0.4, -0.2) is 16.9 Å². The van der Waals surface area contributed by atoms with Gasteiger partial charge in [-0.2, -0.15) is 0 Å². The van der Waals surface area contributed by atoms with E-state index in [0.717, 1.165) is 22.9 Å². The van der Waals surface area contributed by atoms with Gasteiger partial charge in [-0.1, -0.05) is 19.3 Å². The number of hydrogen-bond acceptors (Lipinski definition) is 3. The highest BCUT2D eigenvalue weighted by atomic mass is 79.9. The number of nitrogens with zero attached hydrogens (tertiary/aromatic N) is 1. The Morgan fingerprint density at radius 1 is 1.39 bits per heavy atom. The molecule has 0 radical (unpaired) electrons. The molecule has 1 saturated carbocycles. The predicted octanol–water partition coefficient (Wildman–Crippen LogP) is 2.29. The quantitative estimate of drug-likeness (QED) is 0.896. The van der Waals surface area contributed by atoms with Crippen molar-refractivity contribution in [3.8, 4) is 0 Å². The Bertz CT molecular complexity index is 418. The van der Waals surface area contributed by atoms with Gasteiger partial charge in [0.25, 0.3) is 0 Å². The molecule has 0 aliphatic heterocycles. The summed E-state index contributed by atoms with van der Waals surface area (Å²) in [6.45, 7) is 0. The lowest BCUT2D eigenvalue weighted by Gasteiger charge is -2.27. The van der Waals surface area contributed by atoms with Crippen molar-refractivity contribution in [1.82, 2.24) is 10.3 Å². The molecule has 4 nitrogen and oxygen atoms in total. The topological polar surface area (TPSA) is 68.0 Å². The first-order chi connectivity index (χ1) is 8.66. The SMILES string of the molecule is NC(=O)C(NC1CCCCC1)c1cncc(Br)c1. The Hall–Kier alpha value is -0.940. The minimum atomic E-state index is -0.446. The van der Waals surface area contributed by atoms with Gasteiger partial charge in [-0.25, -0.2) is 0 Å². The first-order valence-electron chi connectivity index (χ1n) is 6.32. The van der Waals surface area contributed by atoms with Crippen LogP contribution in [0.4, 0.5) is 0 Å². The van der Waals surface area contributed by atoms with Gasteiger partial charge in [0, 0.05) is 22.9 Å². The van der Waals surface area contributed by atoms with Gasteiger partial charge in [0.05, 0.1) is 0 Å². The smallest absolute Gasteiger partial charge is 0.239 e. The van der Waals surface area contributed by atoms with Gasteiger partial charge in [-0.3, -0.25) is 15.1 Å². The Labute approximate surface area is 115 Å². The van der Waals surface area contributed by atoms with E-state index in [9.17, 15) is 4.79 Å². The number of nitrogens with one attached hydrogen (secondary N) is 1. The maximum atomic E-state index is 11.6. The number of aromatic nitrogens is 1. The Balaban J connectivity index is 2.10. The number of primary amides is 1. The van der Waals surface area contributed by atoms with Gasteiger partial charge < -0.3 is 5.73 Å². The number of rotatable bonds is 4. The molecule has 1 aliphatic carbocycles. The van der Waals surface area contributed by atoms with E-state index < -0.39 is 6.04 Å². The minimum absolute atomic E-state index is 0.347. The Kier molecular flexibility index (Phi) is 4.72. The number of amides is 1. The van der Waals surface area contributed by atoms with E-state index >= 15 is 0 Å². The molecule has 2 rings (SSSR count). The minimum Gasteiger partial charge on any atom is -0.368 e. The van der Waals surface area contributed by atoms with Crippen molar-refractivity contribution in [2.45, 2.75) is 44.2 Å². The first kappa shape index (κ1) is 13.5. The lowest BCUT2D eigenvalue weighted by Crippen LogP contribution is -2.41. The summed E-state index contributed by atoms with van der Waals surface area (Å²) in [4.78, 5) is 15.7. The third-order valence-electron chi connectivity index (χ3n) is 3.35. The zero-order chi connectivity index (χ0) is 13.0. The molecule has 1 aliphatic rings. The summed E-state index contributed by atoms with van der Waals surface area (Å²) in [5.41, 5.74) is 6.31.